The second-order valence-corrected chi connectivity index (χ2v) is 15.5. The van der Waals surface area contributed by atoms with Gasteiger partial charge in [-0.2, -0.15) is 0 Å². The van der Waals surface area contributed by atoms with E-state index in [9.17, 15) is 9.90 Å². The van der Waals surface area contributed by atoms with Gasteiger partial charge in [0.25, 0.3) is 0 Å². The number of carboxylic acid groups (broad SMARTS) is 1. The molecule has 282 valence electrons. The maximum Gasteiger partial charge on any atom is 1.00 e. The van der Waals surface area contributed by atoms with Gasteiger partial charge in [0.1, 0.15) is 0 Å². The molecule has 3 nitrogen and oxygen atoms in total. The summed E-state index contributed by atoms with van der Waals surface area (Å²) in [5, 5.41) is 11.3. The van der Waals surface area contributed by atoms with Crippen LogP contribution in [0.5, 0.6) is 0 Å². The molecule has 0 saturated heterocycles. The predicted octanol–water partition coefficient (Wildman–Crippen LogP) is 10.9. The molecule has 0 saturated carbocycles. The van der Waals surface area contributed by atoms with Crippen molar-refractivity contribution in [3.8, 4) is 0 Å². The van der Waals surface area contributed by atoms with Gasteiger partial charge in [0, 0.05) is 18.4 Å². The molecule has 0 aliphatic rings. The Morgan fingerprint density at radius 2 is 0.583 bits per heavy atom. The molecule has 1 unspecified atom stereocenters. The molecule has 0 fully saturated rings. The number of hydrogen-bond acceptors (Lipinski definition) is 3. The summed E-state index contributed by atoms with van der Waals surface area (Å²) in [6.07, 6.45) is 50.6. The molecule has 0 heterocycles. The monoisotopic (exact) mass is 702 g/mol. The van der Waals surface area contributed by atoms with Crippen molar-refractivity contribution in [1.82, 2.24) is 4.90 Å². The van der Waals surface area contributed by atoms with Crippen molar-refractivity contribution in [2.75, 3.05) is 13.1 Å². The first-order valence-electron chi connectivity index (χ1n) is 22.1. The zero-order valence-corrected chi connectivity index (χ0v) is 37.0. The largest absolute Gasteiger partial charge is 1.00 e. The molecule has 0 aromatic carbocycles. The van der Waals surface area contributed by atoms with E-state index >= 15 is 0 Å². The minimum absolute atomic E-state index is 0. The topological polar surface area (TPSA) is 43.4 Å². The van der Waals surface area contributed by atoms with E-state index in [1.807, 2.05) is 0 Å². The standard InChI is InChI=1S/C44H89NO2.K/c1-4-6-8-10-12-14-16-18-20-22-24-26-28-30-32-34-36-38-40-45(43(3)42-44(46)47)41-39-37-35-33-31-29-27-25-23-21-19-17-15-13-11-9-7-5-2;/h43H,4-42H2,1-3H3,(H,46,47);/q;+1/p-1. The normalized spacial score (nSPS) is 12.1. The molecule has 1 atom stereocenters. The molecule has 0 amide bonds. The van der Waals surface area contributed by atoms with Crippen molar-refractivity contribution in [3.63, 3.8) is 0 Å². The second-order valence-electron chi connectivity index (χ2n) is 15.5. The summed E-state index contributed by atoms with van der Waals surface area (Å²) < 4.78 is 0. The number of carbonyl (C=O) groups excluding carboxylic acids is 1. The summed E-state index contributed by atoms with van der Waals surface area (Å²) in [6, 6.07) is 0.0941. The minimum atomic E-state index is -0.905. The van der Waals surface area contributed by atoms with Gasteiger partial charge in [0.05, 0.1) is 0 Å². The molecule has 4 heteroatoms. The first-order valence-corrected chi connectivity index (χ1v) is 22.1. The third-order valence-corrected chi connectivity index (χ3v) is 10.7. The molecule has 0 radical (unpaired) electrons. The first kappa shape index (κ1) is 51.2. The van der Waals surface area contributed by atoms with Crippen LogP contribution in [-0.4, -0.2) is 30.0 Å². The fourth-order valence-corrected chi connectivity index (χ4v) is 7.36. The average molecular weight is 702 g/mol. The number of aliphatic carboxylic acids is 1. The van der Waals surface area contributed by atoms with Gasteiger partial charge in [-0.3, -0.25) is 0 Å². The molecule has 0 spiro atoms. The minimum Gasteiger partial charge on any atom is -0.550 e. The third kappa shape index (κ3) is 41.5. The average Bonchev–Trinajstić information content (AvgIpc) is 3.05. The number of nitrogens with zero attached hydrogens (tertiary/aromatic N) is 1. The van der Waals surface area contributed by atoms with E-state index in [2.05, 4.69) is 25.7 Å². The quantitative estimate of drug-likeness (QED) is 0.0471. The number of carbonyl (C=O) groups is 1. The smallest absolute Gasteiger partial charge is 0.550 e. The Balaban J connectivity index is 0. The maximum absolute atomic E-state index is 11.3. The Morgan fingerprint density at radius 3 is 0.771 bits per heavy atom. The molecule has 0 aliphatic carbocycles. The molecule has 0 aliphatic heterocycles. The SMILES string of the molecule is CCCCCCCCCCCCCCCCCCCCN(CCCCCCCCCCCCCCCCCCCC)C(C)CC(=O)[O-].[K+]. The van der Waals surface area contributed by atoms with E-state index in [0.717, 1.165) is 13.1 Å². The Bertz CT molecular complexity index is 560. The summed E-state index contributed by atoms with van der Waals surface area (Å²) in [4.78, 5) is 13.7. The van der Waals surface area contributed by atoms with E-state index in [1.165, 1.54) is 231 Å². The van der Waals surface area contributed by atoms with Crippen LogP contribution in [-0.2, 0) is 4.79 Å². The van der Waals surface area contributed by atoms with Crippen molar-refractivity contribution in [3.05, 3.63) is 0 Å². The fraction of sp³-hybridized carbons (Fsp3) is 0.977. The number of carboxylic acids is 1. The van der Waals surface area contributed by atoms with Crippen molar-refractivity contribution >= 4 is 5.97 Å². The van der Waals surface area contributed by atoms with Crippen LogP contribution >= 0.6 is 0 Å². The van der Waals surface area contributed by atoms with E-state index < -0.39 is 5.97 Å². The predicted molar refractivity (Wildman–Crippen MR) is 208 cm³/mol. The number of unbranched alkanes of at least 4 members (excludes halogenated alkanes) is 34. The van der Waals surface area contributed by atoms with Crippen molar-refractivity contribution in [2.45, 2.75) is 264 Å². The van der Waals surface area contributed by atoms with E-state index in [4.69, 9.17) is 0 Å². The molecule has 0 rings (SSSR count). The summed E-state index contributed by atoms with van der Waals surface area (Å²) in [5.41, 5.74) is 0. The summed E-state index contributed by atoms with van der Waals surface area (Å²) >= 11 is 0. The van der Waals surface area contributed by atoms with Crippen LogP contribution in [0.1, 0.15) is 258 Å². The molecule has 0 N–H and O–H groups in total. The number of rotatable bonds is 41. The van der Waals surface area contributed by atoms with Crippen molar-refractivity contribution in [2.24, 2.45) is 0 Å². The van der Waals surface area contributed by atoms with E-state index in [0.29, 0.717) is 0 Å². The summed E-state index contributed by atoms with van der Waals surface area (Å²) in [5.74, 6) is -0.905. The van der Waals surface area contributed by atoms with E-state index in [-0.39, 0.29) is 63.8 Å². The molecule has 48 heavy (non-hydrogen) atoms. The second kappa shape index (κ2) is 44.2. The number of hydrogen-bond donors (Lipinski definition) is 0. The summed E-state index contributed by atoms with van der Waals surface area (Å²) in [7, 11) is 0. The van der Waals surface area contributed by atoms with Gasteiger partial charge in [-0.15, -0.1) is 0 Å². The zero-order valence-electron chi connectivity index (χ0n) is 33.9. The third-order valence-electron chi connectivity index (χ3n) is 10.7. The molecule has 0 aromatic rings. The Labute approximate surface area is 346 Å². The van der Waals surface area contributed by atoms with Crippen LogP contribution in [0.4, 0.5) is 0 Å². The Kier molecular flexibility index (Phi) is 47.2. The fourth-order valence-electron chi connectivity index (χ4n) is 7.36. The molecule has 0 aromatic heterocycles. The molecular weight excluding hydrogens is 614 g/mol. The van der Waals surface area contributed by atoms with Crippen LogP contribution in [0, 0.1) is 0 Å². The van der Waals surface area contributed by atoms with Gasteiger partial charge in [-0.25, -0.2) is 0 Å². The van der Waals surface area contributed by atoms with Crippen LogP contribution in [0.2, 0.25) is 0 Å². The van der Waals surface area contributed by atoms with Crippen molar-refractivity contribution in [1.29, 1.82) is 0 Å². The van der Waals surface area contributed by atoms with Gasteiger partial charge >= 0.3 is 51.4 Å². The van der Waals surface area contributed by atoms with Crippen LogP contribution in [0.3, 0.4) is 0 Å². The van der Waals surface area contributed by atoms with Gasteiger partial charge < -0.3 is 14.8 Å². The van der Waals surface area contributed by atoms with Gasteiger partial charge in [-0.05, 0) is 32.9 Å². The molecular formula is C44H88KNO2. The van der Waals surface area contributed by atoms with Gasteiger partial charge in [0.2, 0.25) is 0 Å². The van der Waals surface area contributed by atoms with Gasteiger partial charge in [-0.1, -0.05) is 232 Å². The Morgan fingerprint density at radius 1 is 0.396 bits per heavy atom. The van der Waals surface area contributed by atoms with E-state index in [1.54, 1.807) is 0 Å². The van der Waals surface area contributed by atoms with Gasteiger partial charge in [0.15, 0.2) is 0 Å². The van der Waals surface area contributed by atoms with Crippen LogP contribution in [0.25, 0.3) is 0 Å². The summed E-state index contributed by atoms with van der Waals surface area (Å²) in [6.45, 7) is 8.77. The van der Waals surface area contributed by atoms with Crippen LogP contribution in [0.15, 0.2) is 0 Å². The first-order chi connectivity index (χ1) is 23.1. The molecule has 0 bridgehead atoms. The van der Waals surface area contributed by atoms with Crippen molar-refractivity contribution < 1.29 is 61.3 Å². The zero-order chi connectivity index (χ0) is 34.3. The Hall–Kier alpha value is 1.07. The maximum atomic E-state index is 11.3. The van der Waals surface area contributed by atoms with Crippen LogP contribution < -0.4 is 56.5 Å².